The summed E-state index contributed by atoms with van der Waals surface area (Å²) in [7, 11) is -1.62. The van der Waals surface area contributed by atoms with Crippen LogP contribution in [0.15, 0.2) is 41.3 Å². The Morgan fingerprint density at radius 2 is 1.86 bits per heavy atom. The Labute approximate surface area is 126 Å². The van der Waals surface area contributed by atoms with Crippen LogP contribution in [0, 0.1) is 11.6 Å². The molecular formula is C14H9ClF2O3S. The van der Waals surface area contributed by atoms with E-state index in [9.17, 15) is 17.8 Å². The molecule has 21 heavy (non-hydrogen) atoms. The quantitative estimate of drug-likeness (QED) is 0.931. The van der Waals surface area contributed by atoms with Crippen LogP contribution < -0.4 is 0 Å². The summed E-state index contributed by atoms with van der Waals surface area (Å²) in [6.07, 6.45) is 0. The van der Waals surface area contributed by atoms with Crippen LogP contribution in [-0.4, -0.2) is 15.3 Å². The number of benzene rings is 2. The van der Waals surface area contributed by atoms with E-state index < -0.39 is 34.0 Å². The molecule has 110 valence electrons. The lowest BCUT2D eigenvalue weighted by Crippen LogP contribution is -2.04. The third kappa shape index (κ3) is 3.65. The number of carbonyl (C=O) groups is 1. The molecule has 1 atom stereocenters. The first-order valence-electron chi connectivity index (χ1n) is 5.73. The molecule has 7 heteroatoms. The fourth-order valence-electron chi connectivity index (χ4n) is 1.67. The van der Waals surface area contributed by atoms with Crippen LogP contribution in [0.5, 0.6) is 0 Å². The second-order valence-electron chi connectivity index (χ2n) is 4.19. The molecule has 0 aromatic heterocycles. The smallest absolute Gasteiger partial charge is 0.338 e. The molecule has 0 fully saturated rings. The topological polar surface area (TPSA) is 54.4 Å². The third-order valence-corrected chi connectivity index (χ3v) is 4.39. The predicted molar refractivity (Wildman–Crippen MR) is 74.9 cm³/mol. The molecule has 2 aromatic carbocycles. The SMILES string of the molecule is O=C(O)c1cc(S(=O)Cc2ccc(Cl)c(F)c2)ccc1F. The summed E-state index contributed by atoms with van der Waals surface area (Å²) < 4.78 is 38.7. The minimum Gasteiger partial charge on any atom is -0.478 e. The van der Waals surface area contributed by atoms with Crippen LogP contribution >= 0.6 is 11.6 Å². The minimum atomic E-state index is -1.62. The molecule has 0 saturated carbocycles. The monoisotopic (exact) mass is 330 g/mol. The van der Waals surface area contributed by atoms with E-state index in [1.165, 1.54) is 18.2 Å². The zero-order chi connectivity index (χ0) is 15.6. The highest BCUT2D eigenvalue weighted by molar-refractivity contribution is 7.84. The van der Waals surface area contributed by atoms with Crippen LogP contribution in [0.2, 0.25) is 5.02 Å². The zero-order valence-electron chi connectivity index (χ0n) is 10.5. The predicted octanol–water partition coefficient (Wildman–Crippen LogP) is 3.62. The van der Waals surface area contributed by atoms with Gasteiger partial charge in [0, 0.05) is 4.90 Å². The molecule has 2 rings (SSSR count). The van der Waals surface area contributed by atoms with Gasteiger partial charge in [-0.2, -0.15) is 0 Å². The summed E-state index contributed by atoms with van der Waals surface area (Å²) in [6.45, 7) is 0. The number of hydrogen-bond donors (Lipinski definition) is 1. The summed E-state index contributed by atoms with van der Waals surface area (Å²) >= 11 is 5.55. The van der Waals surface area contributed by atoms with Crippen LogP contribution in [0.4, 0.5) is 8.78 Å². The largest absolute Gasteiger partial charge is 0.478 e. The van der Waals surface area contributed by atoms with E-state index in [0.29, 0.717) is 5.56 Å². The molecule has 0 heterocycles. The van der Waals surface area contributed by atoms with E-state index in [-0.39, 0.29) is 15.7 Å². The lowest BCUT2D eigenvalue weighted by Gasteiger charge is -2.05. The summed E-state index contributed by atoms with van der Waals surface area (Å²) in [5.74, 6) is -3.00. The van der Waals surface area contributed by atoms with E-state index in [2.05, 4.69) is 0 Å². The number of carboxylic acid groups (broad SMARTS) is 1. The van der Waals surface area contributed by atoms with Gasteiger partial charge in [0.25, 0.3) is 0 Å². The molecule has 0 spiro atoms. The molecule has 1 N–H and O–H groups in total. The average Bonchev–Trinajstić information content (AvgIpc) is 2.43. The van der Waals surface area contributed by atoms with Crippen molar-refractivity contribution in [1.29, 1.82) is 0 Å². The molecule has 0 amide bonds. The molecule has 2 aromatic rings. The Balaban J connectivity index is 2.26. The van der Waals surface area contributed by atoms with E-state index in [4.69, 9.17) is 16.7 Å². The maximum absolute atomic E-state index is 13.3. The van der Waals surface area contributed by atoms with Gasteiger partial charge in [-0.25, -0.2) is 13.6 Å². The van der Waals surface area contributed by atoms with Crippen molar-refractivity contribution in [2.24, 2.45) is 0 Å². The van der Waals surface area contributed by atoms with E-state index >= 15 is 0 Å². The fourth-order valence-corrected chi connectivity index (χ4v) is 2.91. The van der Waals surface area contributed by atoms with Gasteiger partial charge >= 0.3 is 5.97 Å². The highest BCUT2D eigenvalue weighted by Gasteiger charge is 2.14. The van der Waals surface area contributed by atoms with Crippen molar-refractivity contribution in [2.45, 2.75) is 10.6 Å². The molecule has 1 unspecified atom stereocenters. The lowest BCUT2D eigenvalue weighted by atomic mass is 10.2. The summed E-state index contributed by atoms with van der Waals surface area (Å²) in [5, 5.41) is 8.78. The molecule has 0 aliphatic heterocycles. The van der Waals surface area contributed by atoms with Crippen LogP contribution in [-0.2, 0) is 16.6 Å². The highest BCUT2D eigenvalue weighted by Crippen LogP contribution is 2.20. The van der Waals surface area contributed by atoms with Crippen molar-refractivity contribution in [3.63, 3.8) is 0 Å². The lowest BCUT2D eigenvalue weighted by molar-refractivity contribution is 0.0691. The second kappa shape index (κ2) is 6.32. The van der Waals surface area contributed by atoms with Crippen LogP contribution in [0.3, 0.4) is 0 Å². The Morgan fingerprint density at radius 3 is 2.48 bits per heavy atom. The highest BCUT2D eigenvalue weighted by atomic mass is 35.5. The Bertz CT molecular complexity index is 734. The first kappa shape index (κ1) is 15.6. The fraction of sp³-hybridized carbons (Fsp3) is 0.0714. The van der Waals surface area contributed by atoms with Crippen molar-refractivity contribution < 1.29 is 22.9 Å². The van der Waals surface area contributed by atoms with E-state index in [1.807, 2.05) is 0 Å². The van der Waals surface area contributed by atoms with Crippen molar-refractivity contribution in [3.05, 3.63) is 64.2 Å². The van der Waals surface area contributed by atoms with Gasteiger partial charge in [0.05, 0.1) is 27.1 Å². The molecule has 0 aliphatic carbocycles. The van der Waals surface area contributed by atoms with Gasteiger partial charge in [0.2, 0.25) is 0 Å². The molecule has 0 bridgehead atoms. The maximum atomic E-state index is 13.3. The summed E-state index contributed by atoms with van der Waals surface area (Å²) in [5.41, 5.74) is -0.112. The van der Waals surface area contributed by atoms with Crippen molar-refractivity contribution in [3.8, 4) is 0 Å². The van der Waals surface area contributed by atoms with Gasteiger partial charge in [-0.15, -0.1) is 0 Å². The Morgan fingerprint density at radius 1 is 1.14 bits per heavy atom. The van der Waals surface area contributed by atoms with Gasteiger partial charge in [0.15, 0.2) is 0 Å². The van der Waals surface area contributed by atoms with Gasteiger partial charge in [-0.05, 0) is 35.9 Å². The normalized spacial score (nSPS) is 12.1. The standard InChI is InChI=1S/C14H9ClF2O3S/c15-11-3-1-8(5-13(11)17)7-21(20)9-2-4-12(16)10(6-9)14(18)19/h1-6H,7H2,(H,18,19). The van der Waals surface area contributed by atoms with E-state index in [0.717, 1.165) is 18.2 Å². The van der Waals surface area contributed by atoms with Gasteiger partial charge in [-0.3, -0.25) is 4.21 Å². The number of rotatable bonds is 4. The van der Waals surface area contributed by atoms with E-state index in [1.54, 1.807) is 0 Å². The number of halogens is 3. The van der Waals surface area contributed by atoms with Crippen molar-refractivity contribution in [2.75, 3.05) is 0 Å². The molecule has 0 saturated heterocycles. The third-order valence-electron chi connectivity index (χ3n) is 2.71. The Kier molecular flexibility index (Phi) is 4.69. The molecule has 0 radical (unpaired) electrons. The summed E-state index contributed by atoms with van der Waals surface area (Å²) in [6, 6.07) is 7.22. The van der Waals surface area contributed by atoms with Crippen molar-refractivity contribution >= 4 is 28.4 Å². The van der Waals surface area contributed by atoms with Gasteiger partial charge in [-0.1, -0.05) is 17.7 Å². The number of carboxylic acids is 1. The van der Waals surface area contributed by atoms with Gasteiger partial charge < -0.3 is 5.11 Å². The molecular weight excluding hydrogens is 322 g/mol. The average molecular weight is 331 g/mol. The minimum absolute atomic E-state index is 0.0290. The van der Waals surface area contributed by atoms with Gasteiger partial charge in [0.1, 0.15) is 11.6 Å². The van der Waals surface area contributed by atoms with Crippen LogP contribution in [0.25, 0.3) is 0 Å². The number of aromatic carboxylic acids is 1. The molecule has 3 nitrogen and oxygen atoms in total. The second-order valence-corrected chi connectivity index (χ2v) is 6.04. The first-order valence-corrected chi connectivity index (χ1v) is 7.43. The number of hydrogen-bond acceptors (Lipinski definition) is 2. The zero-order valence-corrected chi connectivity index (χ0v) is 12.0. The van der Waals surface area contributed by atoms with Crippen molar-refractivity contribution in [1.82, 2.24) is 0 Å². The summed E-state index contributed by atoms with van der Waals surface area (Å²) in [4.78, 5) is 11.0. The molecule has 0 aliphatic rings. The first-order chi connectivity index (χ1) is 9.88. The Hall–Kier alpha value is -1.79. The maximum Gasteiger partial charge on any atom is 0.338 e. The van der Waals surface area contributed by atoms with Crippen LogP contribution in [0.1, 0.15) is 15.9 Å².